The number of hydrogen-bond acceptors (Lipinski definition) is 4. The largest absolute Gasteiger partial charge is 0.480 e. The number of carbonyl (C=O) groups is 2. The lowest BCUT2D eigenvalue weighted by Gasteiger charge is -2.21. The van der Waals surface area contributed by atoms with Crippen LogP contribution in [0.1, 0.15) is 16.1 Å². The number of para-hydroxylation sites is 1. The van der Waals surface area contributed by atoms with Gasteiger partial charge in [0.2, 0.25) is 0 Å². The molecular weight excluding hydrogens is 274 g/mol. The van der Waals surface area contributed by atoms with E-state index >= 15 is 0 Å². The van der Waals surface area contributed by atoms with Crippen molar-refractivity contribution in [1.82, 2.24) is 9.97 Å². The maximum absolute atomic E-state index is 12.5. The fourth-order valence-corrected chi connectivity index (χ4v) is 2.42. The molecule has 0 saturated carbocycles. The molecule has 3 rings (SSSR count). The van der Waals surface area contributed by atoms with Gasteiger partial charge in [-0.3, -0.25) is 14.5 Å². The van der Waals surface area contributed by atoms with Crippen LogP contribution in [0.4, 0.5) is 5.69 Å². The first-order valence-corrected chi connectivity index (χ1v) is 6.27. The summed E-state index contributed by atoms with van der Waals surface area (Å²) in [7, 11) is 0. The number of benzene rings is 1. The Morgan fingerprint density at radius 2 is 2.10 bits per heavy atom. The standard InChI is InChI=1S/C14H11N3O4/c18-12-7-15-9(6-16-12)13(19)17-10-4-2-1-3-8(10)5-11(17)14(20)21/h1-4,6-7,11H,5H2,(H,16,18)(H,20,21). The molecule has 0 saturated heterocycles. The van der Waals surface area contributed by atoms with Crippen LogP contribution in [0.3, 0.4) is 0 Å². The summed E-state index contributed by atoms with van der Waals surface area (Å²) >= 11 is 0. The van der Waals surface area contributed by atoms with Gasteiger partial charge in [0.25, 0.3) is 11.5 Å². The quantitative estimate of drug-likeness (QED) is 0.832. The van der Waals surface area contributed by atoms with Crippen LogP contribution in [0.5, 0.6) is 0 Å². The van der Waals surface area contributed by atoms with Crippen LogP contribution in [0.15, 0.2) is 41.5 Å². The highest BCUT2D eigenvalue weighted by molar-refractivity contribution is 6.09. The number of carboxylic acids is 1. The van der Waals surface area contributed by atoms with Crippen LogP contribution in [-0.4, -0.2) is 33.0 Å². The van der Waals surface area contributed by atoms with Gasteiger partial charge in [0.05, 0.1) is 6.20 Å². The van der Waals surface area contributed by atoms with Gasteiger partial charge in [-0.15, -0.1) is 0 Å². The summed E-state index contributed by atoms with van der Waals surface area (Å²) in [6.07, 6.45) is 2.43. The molecule has 2 heterocycles. The van der Waals surface area contributed by atoms with Gasteiger partial charge in [-0.2, -0.15) is 0 Å². The van der Waals surface area contributed by atoms with E-state index in [9.17, 15) is 19.5 Å². The van der Waals surface area contributed by atoms with E-state index in [0.29, 0.717) is 5.69 Å². The number of hydrogen-bond donors (Lipinski definition) is 2. The molecule has 1 amide bonds. The van der Waals surface area contributed by atoms with E-state index in [0.717, 1.165) is 11.8 Å². The third-order valence-electron chi connectivity index (χ3n) is 3.37. The van der Waals surface area contributed by atoms with Gasteiger partial charge in [0.1, 0.15) is 11.7 Å². The first-order valence-electron chi connectivity index (χ1n) is 6.27. The zero-order chi connectivity index (χ0) is 15.0. The lowest BCUT2D eigenvalue weighted by molar-refractivity contribution is -0.138. The second-order valence-corrected chi connectivity index (χ2v) is 4.66. The molecule has 2 aromatic rings. The first kappa shape index (κ1) is 13.0. The number of nitrogens with zero attached hydrogens (tertiary/aromatic N) is 2. The number of aromatic amines is 1. The molecule has 0 aliphatic carbocycles. The molecule has 0 radical (unpaired) electrons. The number of carbonyl (C=O) groups excluding carboxylic acids is 1. The van der Waals surface area contributed by atoms with Gasteiger partial charge in [-0.05, 0) is 11.6 Å². The maximum atomic E-state index is 12.5. The Hall–Kier alpha value is -2.96. The van der Waals surface area contributed by atoms with Gasteiger partial charge in [-0.1, -0.05) is 18.2 Å². The first-order chi connectivity index (χ1) is 10.1. The summed E-state index contributed by atoms with van der Waals surface area (Å²) in [5.41, 5.74) is 0.922. The fraction of sp³-hybridized carbons (Fsp3) is 0.143. The number of aromatic nitrogens is 2. The van der Waals surface area contributed by atoms with E-state index in [1.807, 2.05) is 0 Å². The summed E-state index contributed by atoms with van der Waals surface area (Å²) in [6, 6.07) is 6.05. The SMILES string of the molecule is O=C(O)C1Cc2ccccc2N1C(=O)c1c[nH]c(=O)cn1. The number of carboxylic acid groups (broad SMARTS) is 1. The van der Waals surface area contributed by atoms with Crippen molar-refractivity contribution in [1.29, 1.82) is 0 Å². The average Bonchev–Trinajstić information content (AvgIpc) is 2.87. The van der Waals surface area contributed by atoms with Crippen molar-refractivity contribution in [2.24, 2.45) is 0 Å². The molecule has 106 valence electrons. The van der Waals surface area contributed by atoms with Crippen LogP contribution in [0.25, 0.3) is 0 Å². The van der Waals surface area contributed by atoms with Crippen LogP contribution >= 0.6 is 0 Å². The Balaban J connectivity index is 2.05. The lowest BCUT2D eigenvalue weighted by atomic mass is 10.1. The van der Waals surface area contributed by atoms with Gasteiger partial charge in [-0.25, -0.2) is 9.78 Å². The molecule has 1 unspecified atom stereocenters. The number of H-pyrrole nitrogens is 1. The minimum atomic E-state index is -1.08. The molecule has 7 nitrogen and oxygen atoms in total. The molecule has 1 aliphatic heterocycles. The minimum Gasteiger partial charge on any atom is -0.480 e. The Kier molecular flexibility index (Phi) is 3.02. The van der Waals surface area contributed by atoms with Gasteiger partial charge in [0.15, 0.2) is 0 Å². The lowest BCUT2D eigenvalue weighted by Crippen LogP contribution is -2.43. The molecule has 7 heteroatoms. The predicted molar refractivity (Wildman–Crippen MR) is 73.2 cm³/mol. The van der Waals surface area contributed by atoms with Gasteiger partial charge >= 0.3 is 5.97 Å². The second kappa shape index (κ2) is 4.86. The average molecular weight is 285 g/mol. The van der Waals surface area contributed by atoms with E-state index < -0.39 is 23.5 Å². The number of anilines is 1. The molecule has 0 fully saturated rings. The van der Waals surface area contributed by atoms with Crippen LogP contribution in [-0.2, 0) is 11.2 Å². The zero-order valence-corrected chi connectivity index (χ0v) is 10.8. The highest BCUT2D eigenvalue weighted by atomic mass is 16.4. The molecule has 0 spiro atoms. The maximum Gasteiger partial charge on any atom is 0.327 e. The molecule has 2 N–H and O–H groups in total. The number of aliphatic carboxylic acids is 1. The Morgan fingerprint density at radius 1 is 1.33 bits per heavy atom. The Morgan fingerprint density at radius 3 is 2.76 bits per heavy atom. The van der Waals surface area contributed by atoms with E-state index in [1.54, 1.807) is 24.3 Å². The van der Waals surface area contributed by atoms with Crippen LogP contribution in [0.2, 0.25) is 0 Å². The van der Waals surface area contributed by atoms with Crippen molar-refractivity contribution in [3.05, 3.63) is 58.3 Å². The second-order valence-electron chi connectivity index (χ2n) is 4.66. The molecule has 1 aliphatic rings. The third kappa shape index (κ3) is 2.18. The van der Waals surface area contributed by atoms with Crippen molar-refractivity contribution in [2.75, 3.05) is 4.90 Å². The highest BCUT2D eigenvalue weighted by Crippen LogP contribution is 2.33. The third-order valence-corrected chi connectivity index (χ3v) is 3.37. The topological polar surface area (TPSA) is 103 Å². The van der Waals surface area contributed by atoms with E-state index in [-0.39, 0.29) is 12.1 Å². The van der Waals surface area contributed by atoms with Crippen molar-refractivity contribution in [3.63, 3.8) is 0 Å². The highest BCUT2D eigenvalue weighted by Gasteiger charge is 2.39. The monoisotopic (exact) mass is 285 g/mol. The van der Waals surface area contributed by atoms with E-state index in [2.05, 4.69) is 9.97 Å². The summed E-state index contributed by atoms with van der Waals surface area (Å²) < 4.78 is 0. The van der Waals surface area contributed by atoms with Crippen LogP contribution < -0.4 is 10.5 Å². The zero-order valence-electron chi connectivity index (χ0n) is 10.8. The molecule has 1 aromatic carbocycles. The Labute approximate surface area is 118 Å². The van der Waals surface area contributed by atoms with Crippen molar-refractivity contribution >= 4 is 17.6 Å². The van der Waals surface area contributed by atoms with Crippen LogP contribution in [0, 0.1) is 0 Å². The summed E-state index contributed by atoms with van der Waals surface area (Å²) in [4.78, 5) is 42.2. The summed E-state index contributed by atoms with van der Waals surface area (Å²) in [6.45, 7) is 0. The normalized spacial score (nSPS) is 16.6. The van der Waals surface area contributed by atoms with Gasteiger partial charge < -0.3 is 10.1 Å². The smallest absolute Gasteiger partial charge is 0.327 e. The van der Waals surface area contributed by atoms with E-state index in [1.165, 1.54) is 11.1 Å². The van der Waals surface area contributed by atoms with Crippen molar-refractivity contribution < 1.29 is 14.7 Å². The number of fused-ring (bicyclic) bond motifs is 1. The predicted octanol–water partition coefficient (Wildman–Crippen LogP) is 0.426. The molecule has 0 bridgehead atoms. The molecule has 1 atom stereocenters. The van der Waals surface area contributed by atoms with Crippen molar-refractivity contribution in [3.8, 4) is 0 Å². The summed E-state index contributed by atoms with van der Waals surface area (Å²) in [5.74, 6) is -1.63. The molecule has 21 heavy (non-hydrogen) atoms. The summed E-state index contributed by atoms with van der Waals surface area (Å²) in [5, 5.41) is 9.32. The van der Waals surface area contributed by atoms with Crippen molar-refractivity contribution in [2.45, 2.75) is 12.5 Å². The Bertz CT molecular complexity index is 763. The van der Waals surface area contributed by atoms with Gasteiger partial charge in [0, 0.05) is 18.3 Å². The minimum absolute atomic E-state index is 0.00227. The number of rotatable bonds is 2. The van der Waals surface area contributed by atoms with E-state index in [4.69, 9.17) is 0 Å². The number of nitrogens with one attached hydrogen (secondary N) is 1. The fourth-order valence-electron chi connectivity index (χ4n) is 2.42. The molecule has 1 aromatic heterocycles. The molecular formula is C14H11N3O4. The number of amides is 1.